The van der Waals surface area contributed by atoms with Crippen LogP contribution in [0.15, 0.2) is 35.2 Å². The smallest absolute Gasteiger partial charge is 0.299 e. The van der Waals surface area contributed by atoms with Crippen molar-refractivity contribution in [3.63, 3.8) is 0 Å². The number of benzene rings is 1. The number of halogens is 3. The van der Waals surface area contributed by atoms with E-state index in [4.69, 9.17) is 0 Å². The average Bonchev–Trinajstić information content (AvgIpc) is 2.24. The predicted octanol–water partition coefficient (Wildman–Crippen LogP) is 3.69. The summed E-state index contributed by atoms with van der Waals surface area (Å²) in [7, 11) is 0. The third kappa shape index (κ3) is 5.80. The van der Waals surface area contributed by atoms with Crippen LogP contribution in [-0.4, -0.2) is 17.7 Å². The van der Waals surface area contributed by atoms with Gasteiger partial charge in [-0.25, -0.2) is 0 Å². The summed E-state index contributed by atoms with van der Waals surface area (Å²) in [5.41, 5.74) is 0. The summed E-state index contributed by atoms with van der Waals surface area (Å²) in [5, 5.41) is 0. The highest BCUT2D eigenvalue weighted by Gasteiger charge is 2.27. The molecule has 0 saturated heterocycles. The van der Waals surface area contributed by atoms with Gasteiger partial charge < -0.3 is 0 Å². The molecule has 0 amide bonds. The van der Waals surface area contributed by atoms with Gasteiger partial charge >= 0.3 is 6.18 Å². The van der Waals surface area contributed by atoms with Crippen LogP contribution >= 0.6 is 11.8 Å². The monoisotopic (exact) mass is 248 g/mol. The number of carbonyl (C=O) groups is 1. The van der Waals surface area contributed by atoms with Gasteiger partial charge in [0.25, 0.3) is 0 Å². The molecule has 0 aliphatic rings. The van der Waals surface area contributed by atoms with Crippen molar-refractivity contribution in [1.29, 1.82) is 0 Å². The minimum Gasteiger partial charge on any atom is -0.299 e. The summed E-state index contributed by atoms with van der Waals surface area (Å²) in [5.74, 6) is -0.272. The van der Waals surface area contributed by atoms with Gasteiger partial charge in [0.05, 0.1) is 12.2 Å². The Bertz CT molecular complexity index is 335. The van der Waals surface area contributed by atoms with E-state index < -0.39 is 19.0 Å². The third-order valence-corrected chi connectivity index (χ3v) is 2.90. The maximum absolute atomic E-state index is 11.8. The van der Waals surface area contributed by atoms with Crippen LogP contribution in [0.4, 0.5) is 13.2 Å². The molecule has 0 N–H and O–H groups in total. The van der Waals surface area contributed by atoms with Gasteiger partial charge in [0.2, 0.25) is 0 Å². The fourth-order valence-electron chi connectivity index (χ4n) is 1.03. The van der Waals surface area contributed by atoms with E-state index in [1.807, 2.05) is 30.3 Å². The van der Waals surface area contributed by atoms with Crippen LogP contribution < -0.4 is 0 Å². The summed E-state index contributed by atoms with van der Waals surface area (Å²) >= 11 is 1.26. The fraction of sp³-hybridized carbons (Fsp3) is 0.364. The number of hydrogen-bond acceptors (Lipinski definition) is 2. The normalized spacial score (nSPS) is 11.4. The van der Waals surface area contributed by atoms with E-state index in [-0.39, 0.29) is 11.5 Å². The first-order valence-electron chi connectivity index (χ1n) is 4.74. The summed E-state index contributed by atoms with van der Waals surface area (Å²) in [4.78, 5) is 12.0. The van der Waals surface area contributed by atoms with Crippen molar-refractivity contribution in [2.75, 3.05) is 5.75 Å². The summed E-state index contributed by atoms with van der Waals surface area (Å²) < 4.78 is 35.5. The quantitative estimate of drug-likeness (QED) is 0.739. The first-order valence-corrected chi connectivity index (χ1v) is 5.72. The number of ketones is 1. The molecule has 0 aromatic heterocycles. The van der Waals surface area contributed by atoms with Crippen molar-refractivity contribution < 1.29 is 18.0 Å². The Morgan fingerprint density at radius 3 is 2.38 bits per heavy atom. The lowest BCUT2D eigenvalue weighted by molar-refractivity contribution is -0.142. The number of alkyl halides is 3. The number of hydrogen-bond donors (Lipinski definition) is 0. The van der Waals surface area contributed by atoms with Crippen LogP contribution in [0.25, 0.3) is 0 Å². The lowest BCUT2D eigenvalue weighted by atomic mass is 10.2. The molecule has 1 aromatic rings. The van der Waals surface area contributed by atoms with Gasteiger partial charge in [0.15, 0.2) is 0 Å². The molecule has 5 heteroatoms. The van der Waals surface area contributed by atoms with Crippen LogP contribution in [0.5, 0.6) is 0 Å². The molecule has 1 aromatic carbocycles. The maximum atomic E-state index is 11.8. The highest BCUT2D eigenvalue weighted by Crippen LogP contribution is 2.23. The summed E-state index contributed by atoms with van der Waals surface area (Å²) in [6.07, 6.45) is -5.70. The van der Waals surface area contributed by atoms with E-state index in [2.05, 4.69) is 0 Å². The van der Waals surface area contributed by atoms with Crippen LogP contribution in [0, 0.1) is 0 Å². The lowest BCUT2D eigenvalue weighted by Gasteiger charge is -2.05. The predicted molar refractivity (Wildman–Crippen MR) is 57.5 cm³/mol. The van der Waals surface area contributed by atoms with Crippen molar-refractivity contribution in [2.24, 2.45) is 0 Å². The molecule has 0 radical (unpaired) electrons. The Balaban J connectivity index is 2.26. The molecule has 0 heterocycles. The van der Waals surface area contributed by atoms with Crippen LogP contribution in [-0.2, 0) is 4.79 Å². The molecule has 0 unspecified atom stereocenters. The standard InChI is InChI=1S/C11H11F3OS/c12-11(13,14)7-6-9(15)8-16-10-4-2-1-3-5-10/h1-5H,6-8H2. The molecular weight excluding hydrogens is 237 g/mol. The average molecular weight is 248 g/mol. The van der Waals surface area contributed by atoms with E-state index in [9.17, 15) is 18.0 Å². The van der Waals surface area contributed by atoms with Crippen LogP contribution in [0.2, 0.25) is 0 Å². The van der Waals surface area contributed by atoms with Gasteiger partial charge in [-0.1, -0.05) is 18.2 Å². The third-order valence-electron chi connectivity index (χ3n) is 1.83. The number of rotatable bonds is 5. The van der Waals surface area contributed by atoms with Crippen molar-refractivity contribution in [1.82, 2.24) is 0 Å². The Morgan fingerprint density at radius 2 is 1.81 bits per heavy atom. The zero-order chi connectivity index (χ0) is 12.0. The van der Waals surface area contributed by atoms with Crippen molar-refractivity contribution in [3.8, 4) is 0 Å². The number of carbonyl (C=O) groups excluding carboxylic acids is 1. The van der Waals surface area contributed by atoms with Gasteiger partial charge in [-0.05, 0) is 12.1 Å². The zero-order valence-electron chi connectivity index (χ0n) is 8.46. The second kappa shape index (κ2) is 5.94. The second-order valence-electron chi connectivity index (χ2n) is 3.26. The summed E-state index contributed by atoms with van der Waals surface area (Å²) in [6, 6.07) is 9.13. The molecule has 1 rings (SSSR count). The minimum absolute atomic E-state index is 0.0973. The van der Waals surface area contributed by atoms with Crippen molar-refractivity contribution >= 4 is 17.5 Å². The van der Waals surface area contributed by atoms with Crippen molar-refractivity contribution in [2.45, 2.75) is 23.9 Å². The molecule has 0 aliphatic heterocycles. The van der Waals surface area contributed by atoms with E-state index in [0.29, 0.717) is 0 Å². The summed E-state index contributed by atoms with van der Waals surface area (Å²) in [6.45, 7) is 0. The number of Topliss-reactive ketones (excluding diaryl/α,β-unsaturated/α-hetero) is 1. The van der Waals surface area contributed by atoms with E-state index in [0.717, 1.165) is 4.90 Å². The molecule has 0 bridgehead atoms. The van der Waals surface area contributed by atoms with Gasteiger partial charge in [-0.2, -0.15) is 13.2 Å². The van der Waals surface area contributed by atoms with Crippen LogP contribution in [0.3, 0.4) is 0 Å². The zero-order valence-corrected chi connectivity index (χ0v) is 9.27. The Morgan fingerprint density at radius 1 is 1.19 bits per heavy atom. The SMILES string of the molecule is O=C(CCC(F)(F)F)CSc1ccccc1. The molecule has 16 heavy (non-hydrogen) atoms. The molecule has 1 nitrogen and oxygen atoms in total. The van der Waals surface area contributed by atoms with E-state index in [1.54, 1.807) is 0 Å². The molecule has 0 fully saturated rings. The Hall–Kier alpha value is -0.970. The first-order chi connectivity index (χ1) is 7.47. The molecular formula is C11H11F3OS. The number of thioether (sulfide) groups is 1. The highest BCUT2D eigenvalue weighted by molar-refractivity contribution is 8.00. The van der Waals surface area contributed by atoms with Crippen LogP contribution in [0.1, 0.15) is 12.8 Å². The maximum Gasteiger partial charge on any atom is 0.389 e. The van der Waals surface area contributed by atoms with Crippen molar-refractivity contribution in [3.05, 3.63) is 30.3 Å². The van der Waals surface area contributed by atoms with Gasteiger partial charge in [0, 0.05) is 11.3 Å². The Kier molecular flexibility index (Phi) is 4.86. The van der Waals surface area contributed by atoms with E-state index in [1.165, 1.54) is 11.8 Å². The Labute approximate surface area is 96.0 Å². The molecule has 88 valence electrons. The largest absolute Gasteiger partial charge is 0.389 e. The van der Waals surface area contributed by atoms with E-state index >= 15 is 0 Å². The van der Waals surface area contributed by atoms with Gasteiger partial charge in [0.1, 0.15) is 5.78 Å². The van der Waals surface area contributed by atoms with Gasteiger partial charge in [-0.3, -0.25) is 4.79 Å². The second-order valence-corrected chi connectivity index (χ2v) is 4.30. The molecule has 0 spiro atoms. The lowest BCUT2D eigenvalue weighted by Crippen LogP contribution is -2.11. The highest BCUT2D eigenvalue weighted by atomic mass is 32.2. The fourth-order valence-corrected chi connectivity index (χ4v) is 1.86. The first kappa shape index (κ1) is 13.1. The minimum atomic E-state index is -4.24. The molecule has 0 aliphatic carbocycles. The molecule has 0 atom stereocenters. The van der Waals surface area contributed by atoms with Gasteiger partial charge in [-0.15, -0.1) is 11.8 Å². The molecule has 0 saturated carbocycles. The topological polar surface area (TPSA) is 17.1 Å².